The molecular weight excluding hydrogens is 460 g/mol. The van der Waals surface area contributed by atoms with Gasteiger partial charge in [0, 0.05) is 11.9 Å². The zero-order valence-electron chi connectivity index (χ0n) is 15.6. The van der Waals surface area contributed by atoms with Crippen LogP contribution in [0.4, 0.5) is 0 Å². The van der Waals surface area contributed by atoms with Crippen molar-refractivity contribution in [2.45, 2.75) is 13.8 Å². The number of aliphatic carboxylic acids is 2. The van der Waals surface area contributed by atoms with Gasteiger partial charge in [0.15, 0.2) is 0 Å². The van der Waals surface area contributed by atoms with Gasteiger partial charge in [-0.15, -0.1) is 0 Å². The summed E-state index contributed by atoms with van der Waals surface area (Å²) in [7, 11) is -0.446. The predicted octanol–water partition coefficient (Wildman–Crippen LogP) is 0.955. The number of benzene rings is 3. The topological polar surface area (TPSA) is 80.3 Å². The van der Waals surface area contributed by atoms with Crippen LogP contribution in [0.15, 0.2) is 91.0 Å². The van der Waals surface area contributed by atoms with Gasteiger partial charge < -0.3 is 19.8 Å². The molecule has 3 rings (SSSR count). The summed E-state index contributed by atoms with van der Waals surface area (Å²) in [4.78, 5) is 17.8. The molecule has 0 amide bonds. The van der Waals surface area contributed by atoms with Crippen LogP contribution in [0.5, 0.6) is 0 Å². The molecule has 146 valence electrons. The van der Waals surface area contributed by atoms with E-state index in [1.165, 1.54) is 15.9 Å². The van der Waals surface area contributed by atoms with E-state index in [2.05, 4.69) is 91.0 Å². The van der Waals surface area contributed by atoms with Crippen LogP contribution in [-0.2, 0) is 29.1 Å². The van der Waals surface area contributed by atoms with Crippen molar-refractivity contribution in [1.82, 2.24) is 0 Å². The standard InChI is InChI=1S/C18H15P.2C2H4O2.Ru/c1-4-10-16(11-5-1)19(17-12-6-2-7-13-17)18-14-8-3-9-15-18;2*1-2(3)4;/h1-15H;2*1H3,(H,3,4);/q;;;+2/p-2. The summed E-state index contributed by atoms with van der Waals surface area (Å²) in [5.41, 5.74) is 0. The first-order valence-corrected chi connectivity index (χ1v) is 9.56. The minimum atomic E-state index is -1.08. The van der Waals surface area contributed by atoms with E-state index in [0.29, 0.717) is 0 Å². The first kappa shape index (κ1) is 25.7. The van der Waals surface area contributed by atoms with Crippen molar-refractivity contribution in [3.63, 3.8) is 0 Å². The normalized spacial score (nSPS) is 8.96. The van der Waals surface area contributed by atoms with Gasteiger partial charge in [-0.3, -0.25) is 0 Å². The van der Waals surface area contributed by atoms with E-state index in [4.69, 9.17) is 19.8 Å². The third-order valence-electron chi connectivity index (χ3n) is 3.04. The molecule has 28 heavy (non-hydrogen) atoms. The third-order valence-corrected chi connectivity index (χ3v) is 5.49. The smallest absolute Gasteiger partial charge is 0.550 e. The van der Waals surface area contributed by atoms with Crippen molar-refractivity contribution in [2.24, 2.45) is 0 Å². The Morgan fingerprint density at radius 3 is 0.929 bits per heavy atom. The maximum Gasteiger partial charge on any atom is 2.00 e. The van der Waals surface area contributed by atoms with E-state index < -0.39 is 19.9 Å². The van der Waals surface area contributed by atoms with Crippen molar-refractivity contribution in [3.05, 3.63) is 91.0 Å². The number of hydrogen-bond acceptors (Lipinski definition) is 4. The maximum absolute atomic E-state index is 8.89. The molecular formula is C22H21O4PRu. The number of carboxylic acid groups (broad SMARTS) is 2. The van der Waals surface area contributed by atoms with E-state index >= 15 is 0 Å². The second kappa shape index (κ2) is 14.7. The van der Waals surface area contributed by atoms with E-state index in [-0.39, 0.29) is 19.5 Å². The van der Waals surface area contributed by atoms with Crippen LogP contribution in [0.3, 0.4) is 0 Å². The van der Waals surface area contributed by atoms with Crippen LogP contribution in [-0.4, -0.2) is 11.9 Å². The minimum absolute atomic E-state index is 0. The average molecular weight is 481 g/mol. The first-order valence-electron chi connectivity index (χ1n) is 8.22. The van der Waals surface area contributed by atoms with Crippen LogP contribution in [0.25, 0.3) is 0 Å². The van der Waals surface area contributed by atoms with Crippen molar-refractivity contribution in [1.29, 1.82) is 0 Å². The Kier molecular flexibility index (Phi) is 13.4. The van der Waals surface area contributed by atoms with Gasteiger partial charge in [0.2, 0.25) is 0 Å². The Balaban J connectivity index is 0.000000697. The number of rotatable bonds is 3. The molecule has 0 fully saturated rings. The fraction of sp³-hybridized carbons (Fsp3) is 0.0909. The number of carbonyl (C=O) groups is 2. The zero-order chi connectivity index (χ0) is 20.1. The molecule has 6 heteroatoms. The number of carboxylic acids is 2. The van der Waals surface area contributed by atoms with Crippen molar-refractivity contribution in [2.75, 3.05) is 0 Å². The van der Waals surface area contributed by atoms with E-state index in [0.717, 1.165) is 13.8 Å². The first-order chi connectivity index (χ1) is 12.9. The average Bonchev–Trinajstić information content (AvgIpc) is 2.64. The fourth-order valence-electron chi connectivity index (χ4n) is 2.18. The largest absolute Gasteiger partial charge is 2.00 e. The zero-order valence-corrected chi connectivity index (χ0v) is 18.2. The molecule has 0 saturated carbocycles. The molecule has 0 N–H and O–H groups in total. The van der Waals surface area contributed by atoms with Gasteiger partial charge in [-0.2, -0.15) is 0 Å². The third kappa shape index (κ3) is 10.7. The Hall–Kier alpha value is -2.35. The predicted molar refractivity (Wildman–Crippen MR) is 107 cm³/mol. The molecule has 3 aromatic rings. The van der Waals surface area contributed by atoms with Crippen LogP contribution >= 0.6 is 7.92 Å². The summed E-state index contributed by atoms with van der Waals surface area (Å²) in [5.74, 6) is -2.17. The Bertz CT molecular complexity index is 698. The molecule has 3 aromatic carbocycles. The quantitative estimate of drug-likeness (QED) is 0.412. The van der Waals surface area contributed by atoms with Crippen molar-refractivity contribution in [3.8, 4) is 0 Å². The molecule has 0 atom stereocenters. The van der Waals surface area contributed by atoms with Crippen molar-refractivity contribution < 1.29 is 39.3 Å². The molecule has 0 spiro atoms. The molecule has 0 saturated heterocycles. The summed E-state index contributed by atoms with van der Waals surface area (Å²) in [5, 5.41) is 22.0. The van der Waals surface area contributed by atoms with E-state index in [9.17, 15) is 0 Å². The number of carbonyl (C=O) groups excluding carboxylic acids is 2. The van der Waals surface area contributed by atoms with Gasteiger partial charge in [-0.05, 0) is 37.7 Å². The summed E-state index contributed by atoms with van der Waals surface area (Å²) >= 11 is 0. The van der Waals surface area contributed by atoms with Crippen LogP contribution in [0.2, 0.25) is 0 Å². The van der Waals surface area contributed by atoms with Gasteiger partial charge in [0.05, 0.1) is 0 Å². The van der Waals surface area contributed by atoms with Gasteiger partial charge in [0.25, 0.3) is 0 Å². The molecule has 4 nitrogen and oxygen atoms in total. The molecule has 0 aliphatic rings. The van der Waals surface area contributed by atoms with Crippen molar-refractivity contribution >= 4 is 35.8 Å². The number of hydrogen-bond donors (Lipinski definition) is 0. The fourth-order valence-corrected chi connectivity index (χ4v) is 4.48. The minimum Gasteiger partial charge on any atom is -0.550 e. The summed E-state index contributed by atoms with van der Waals surface area (Å²) < 4.78 is 0. The van der Waals surface area contributed by atoms with Crippen LogP contribution in [0, 0.1) is 0 Å². The SMILES string of the molecule is CC(=O)[O-].CC(=O)[O-].[Ru+2].c1ccc(P(c2ccccc2)c2ccccc2)cc1. The molecule has 0 bridgehead atoms. The van der Waals surface area contributed by atoms with Crippen LogP contribution in [0.1, 0.15) is 13.8 Å². The Morgan fingerprint density at radius 2 is 0.750 bits per heavy atom. The maximum atomic E-state index is 8.89. The van der Waals surface area contributed by atoms with Gasteiger partial charge in [-0.25, -0.2) is 0 Å². The Morgan fingerprint density at radius 1 is 0.571 bits per heavy atom. The Labute approximate surface area is 179 Å². The second-order valence-electron chi connectivity index (χ2n) is 5.33. The molecule has 0 radical (unpaired) electrons. The summed E-state index contributed by atoms with van der Waals surface area (Å²) in [6, 6.07) is 32.3. The molecule has 0 aliphatic carbocycles. The molecule has 0 unspecified atom stereocenters. The van der Waals surface area contributed by atoms with Gasteiger partial charge >= 0.3 is 19.5 Å². The molecule has 0 aliphatic heterocycles. The van der Waals surface area contributed by atoms with Gasteiger partial charge in [0.1, 0.15) is 0 Å². The second-order valence-corrected chi connectivity index (χ2v) is 7.55. The van der Waals surface area contributed by atoms with E-state index in [1.54, 1.807) is 0 Å². The van der Waals surface area contributed by atoms with Gasteiger partial charge in [-0.1, -0.05) is 91.0 Å². The summed E-state index contributed by atoms with van der Waals surface area (Å²) in [6.07, 6.45) is 0. The van der Waals surface area contributed by atoms with Crippen LogP contribution < -0.4 is 26.1 Å². The monoisotopic (exact) mass is 482 g/mol. The van der Waals surface area contributed by atoms with E-state index in [1.807, 2.05) is 0 Å². The molecule has 0 heterocycles. The molecule has 0 aromatic heterocycles. The summed E-state index contributed by atoms with van der Waals surface area (Å²) in [6.45, 7) is 1.94.